The van der Waals surface area contributed by atoms with Gasteiger partial charge in [0.25, 0.3) is 0 Å². The average Bonchev–Trinajstić information content (AvgIpc) is 3.24. The topological polar surface area (TPSA) is 62.0 Å². The molecule has 0 aliphatic carbocycles. The van der Waals surface area contributed by atoms with Gasteiger partial charge in [0.1, 0.15) is 0 Å². The van der Waals surface area contributed by atoms with Crippen molar-refractivity contribution in [3.05, 3.63) is 36.0 Å². The van der Waals surface area contributed by atoms with Crippen LogP contribution in [0, 0.1) is 0 Å². The molecule has 178 valence electrons. The van der Waals surface area contributed by atoms with E-state index in [9.17, 15) is 9.59 Å². The number of hydrogen-bond acceptors (Lipinski definition) is 2. The van der Waals surface area contributed by atoms with Gasteiger partial charge < -0.3 is 10.3 Å². The van der Waals surface area contributed by atoms with E-state index in [4.69, 9.17) is 0 Å². The lowest BCUT2D eigenvalue weighted by Crippen LogP contribution is -2.29. The Kier molecular flexibility index (Phi) is 13.5. The Morgan fingerprint density at radius 3 is 1.88 bits per heavy atom. The number of amides is 1. The average molecular weight is 441 g/mol. The lowest BCUT2D eigenvalue weighted by Gasteiger charge is -2.05. The molecule has 0 saturated carbocycles. The van der Waals surface area contributed by atoms with Gasteiger partial charge >= 0.3 is 0 Å². The van der Waals surface area contributed by atoms with Gasteiger partial charge in [0.2, 0.25) is 5.91 Å². The first kappa shape index (κ1) is 26.2. The number of ketones is 1. The molecule has 0 bridgehead atoms. The number of para-hydroxylation sites is 1. The highest BCUT2D eigenvalue weighted by atomic mass is 16.2. The summed E-state index contributed by atoms with van der Waals surface area (Å²) in [7, 11) is 0. The highest BCUT2D eigenvalue weighted by molar-refractivity contribution is 6.09. The fourth-order valence-electron chi connectivity index (χ4n) is 4.32. The summed E-state index contributed by atoms with van der Waals surface area (Å²) in [4.78, 5) is 27.6. The van der Waals surface area contributed by atoms with E-state index in [-0.39, 0.29) is 18.2 Å². The van der Waals surface area contributed by atoms with Crippen LogP contribution in [0.4, 0.5) is 0 Å². The van der Waals surface area contributed by atoms with Gasteiger partial charge in [-0.25, -0.2) is 0 Å². The molecule has 2 N–H and O–H groups in total. The monoisotopic (exact) mass is 440 g/mol. The summed E-state index contributed by atoms with van der Waals surface area (Å²) >= 11 is 0. The number of nitrogens with one attached hydrogen (secondary N) is 2. The second-order valence-electron chi connectivity index (χ2n) is 9.15. The third kappa shape index (κ3) is 10.5. The van der Waals surface area contributed by atoms with Crippen LogP contribution in [0.25, 0.3) is 10.9 Å². The number of carbonyl (C=O) groups is 2. The van der Waals surface area contributed by atoms with E-state index in [2.05, 4.69) is 17.2 Å². The van der Waals surface area contributed by atoms with Gasteiger partial charge in [-0.05, 0) is 12.5 Å². The largest absolute Gasteiger partial charge is 0.360 e. The standard InChI is InChI=1S/C28H44N2O2/c1-2-3-4-5-6-7-8-9-10-11-12-13-14-15-16-21-28(32)30-23-27(31)25-22-29-26-20-18-17-19-24(25)26/h17-20,22,29H,2-16,21,23H2,1H3,(H,30,32). The van der Waals surface area contributed by atoms with Crippen molar-refractivity contribution in [1.82, 2.24) is 10.3 Å². The molecule has 0 aliphatic rings. The predicted octanol–water partition coefficient (Wildman–Crippen LogP) is 7.73. The van der Waals surface area contributed by atoms with Crippen LogP contribution in [0.15, 0.2) is 30.5 Å². The Morgan fingerprint density at radius 1 is 0.750 bits per heavy atom. The SMILES string of the molecule is CCCCCCCCCCCCCCCCCC(=O)NCC(=O)c1c[nH]c2ccccc12. The molecule has 0 spiro atoms. The number of unbranched alkanes of at least 4 members (excludes halogenated alkanes) is 14. The zero-order chi connectivity index (χ0) is 22.9. The summed E-state index contributed by atoms with van der Waals surface area (Å²) in [6, 6.07) is 7.73. The molecular formula is C28H44N2O2. The Balaban J connectivity index is 1.39. The molecule has 1 amide bonds. The molecule has 0 saturated heterocycles. The molecule has 0 atom stereocenters. The van der Waals surface area contributed by atoms with Crippen LogP contribution in [0.1, 0.15) is 120 Å². The molecule has 0 radical (unpaired) electrons. The maximum Gasteiger partial charge on any atom is 0.220 e. The van der Waals surface area contributed by atoms with Crippen LogP contribution in [0.3, 0.4) is 0 Å². The first-order valence-electron chi connectivity index (χ1n) is 13.1. The van der Waals surface area contributed by atoms with Crippen molar-refractivity contribution in [2.24, 2.45) is 0 Å². The normalized spacial score (nSPS) is 11.2. The molecule has 2 aromatic rings. The Morgan fingerprint density at radius 2 is 1.28 bits per heavy atom. The van der Waals surface area contributed by atoms with Gasteiger partial charge in [0.05, 0.1) is 6.54 Å². The van der Waals surface area contributed by atoms with Crippen molar-refractivity contribution in [2.75, 3.05) is 6.54 Å². The fraction of sp³-hybridized carbons (Fsp3) is 0.643. The summed E-state index contributed by atoms with van der Waals surface area (Å²) in [5.41, 5.74) is 1.59. The molecule has 0 unspecified atom stereocenters. The maximum atomic E-state index is 12.4. The number of rotatable bonds is 19. The molecule has 0 aliphatic heterocycles. The zero-order valence-electron chi connectivity index (χ0n) is 20.2. The van der Waals surface area contributed by atoms with Gasteiger partial charge in [0.15, 0.2) is 5.78 Å². The first-order valence-corrected chi connectivity index (χ1v) is 13.1. The van der Waals surface area contributed by atoms with E-state index in [1.807, 2.05) is 24.3 Å². The number of aromatic nitrogens is 1. The molecule has 32 heavy (non-hydrogen) atoms. The van der Waals surface area contributed by atoms with Crippen LogP contribution in [-0.4, -0.2) is 23.2 Å². The van der Waals surface area contributed by atoms with Gasteiger partial charge in [0, 0.05) is 29.1 Å². The summed E-state index contributed by atoms with van der Waals surface area (Å²) < 4.78 is 0. The van der Waals surface area contributed by atoms with Crippen molar-refractivity contribution in [3.63, 3.8) is 0 Å². The van der Waals surface area contributed by atoms with Crippen molar-refractivity contribution >= 4 is 22.6 Å². The van der Waals surface area contributed by atoms with Crippen LogP contribution < -0.4 is 5.32 Å². The molecule has 4 nitrogen and oxygen atoms in total. The number of H-pyrrole nitrogens is 1. The summed E-state index contributed by atoms with van der Waals surface area (Å²) in [5, 5.41) is 3.69. The number of Topliss-reactive ketones (excluding diaryl/α,β-unsaturated/α-hetero) is 1. The Bertz CT molecular complexity index is 781. The van der Waals surface area contributed by atoms with E-state index < -0.39 is 0 Å². The quantitative estimate of drug-likeness (QED) is 0.173. The molecule has 1 aromatic carbocycles. The highest BCUT2D eigenvalue weighted by Crippen LogP contribution is 2.18. The molecule has 0 fully saturated rings. The zero-order valence-corrected chi connectivity index (χ0v) is 20.2. The number of carbonyl (C=O) groups excluding carboxylic acids is 2. The molecule has 1 heterocycles. The van der Waals surface area contributed by atoms with Crippen LogP contribution in [0.2, 0.25) is 0 Å². The van der Waals surface area contributed by atoms with E-state index in [0.29, 0.717) is 12.0 Å². The Hall–Kier alpha value is -2.10. The third-order valence-corrected chi connectivity index (χ3v) is 6.34. The summed E-state index contributed by atoms with van der Waals surface area (Å²) in [5.74, 6) is -0.0693. The lowest BCUT2D eigenvalue weighted by atomic mass is 10.0. The van der Waals surface area contributed by atoms with Crippen LogP contribution in [0.5, 0.6) is 0 Å². The van der Waals surface area contributed by atoms with E-state index in [0.717, 1.165) is 23.7 Å². The third-order valence-electron chi connectivity index (χ3n) is 6.34. The molecule has 4 heteroatoms. The summed E-state index contributed by atoms with van der Waals surface area (Å²) in [6.07, 6.45) is 22.0. The van der Waals surface area contributed by atoms with E-state index >= 15 is 0 Å². The smallest absolute Gasteiger partial charge is 0.220 e. The second-order valence-corrected chi connectivity index (χ2v) is 9.15. The van der Waals surface area contributed by atoms with Gasteiger partial charge in [-0.2, -0.15) is 0 Å². The maximum absolute atomic E-state index is 12.4. The summed E-state index contributed by atoms with van der Waals surface area (Å²) in [6.45, 7) is 2.34. The molecular weight excluding hydrogens is 396 g/mol. The minimum atomic E-state index is -0.0488. The van der Waals surface area contributed by atoms with Crippen molar-refractivity contribution in [3.8, 4) is 0 Å². The lowest BCUT2D eigenvalue weighted by molar-refractivity contribution is -0.121. The fourth-order valence-corrected chi connectivity index (χ4v) is 4.32. The number of hydrogen-bond donors (Lipinski definition) is 2. The Labute approximate surface area is 194 Å². The number of fused-ring (bicyclic) bond motifs is 1. The van der Waals surface area contributed by atoms with E-state index in [1.165, 1.54) is 83.5 Å². The van der Waals surface area contributed by atoms with Gasteiger partial charge in [-0.15, -0.1) is 0 Å². The highest BCUT2D eigenvalue weighted by Gasteiger charge is 2.12. The predicted molar refractivity (Wildman–Crippen MR) is 135 cm³/mol. The minimum absolute atomic E-state index is 0.0205. The van der Waals surface area contributed by atoms with Crippen molar-refractivity contribution < 1.29 is 9.59 Å². The molecule has 2 rings (SSSR count). The number of aromatic amines is 1. The van der Waals surface area contributed by atoms with Gasteiger partial charge in [-0.1, -0.05) is 115 Å². The number of benzene rings is 1. The first-order chi connectivity index (χ1) is 15.7. The minimum Gasteiger partial charge on any atom is -0.360 e. The van der Waals surface area contributed by atoms with Crippen molar-refractivity contribution in [1.29, 1.82) is 0 Å². The van der Waals surface area contributed by atoms with E-state index in [1.54, 1.807) is 6.20 Å². The van der Waals surface area contributed by atoms with Crippen molar-refractivity contribution in [2.45, 2.75) is 110 Å². The van der Waals surface area contributed by atoms with Crippen LogP contribution in [-0.2, 0) is 4.79 Å². The van der Waals surface area contributed by atoms with Crippen LogP contribution >= 0.6 is 0 Å². The molecule has 1 aromatic heterocycles. The second kappa shape index (κ2) is 16.5. The van der Waals surface area contributed by atoms with Gasteiger partial charge in [-0.3, -0.25) is 9.59 Å².